The number of fused-ring (bicyclic) bond motifs is 2. The fourth-order valence-corrected chi connectivity index (χ4v) is 3.50. The number of aromatic nitrogens is 7. The molecule has 148 valence electrons. The summed E-state index contributed by atoms with van der Waals surface area (Å²) in [6, 6.07) is 8.21. The number of aryl methyl sites for hydroxylation is 1. The van der Waals surface area contributed by atoms with Gasteiger partial charge in [-0.1, -0.05) is 12.1 Å². The number of nitrogens with zero attached hydrogens (tertiary/aromatic N) is 6. The highest BCUT2D eigenvalue weighted by atomic mass is 19.1. The van der Waals surface area contributed by atoms with Crippen LogP contribution in [-0.4, -0.2) is 34.5 Å². The van der Waals surface area contributed by atoms with Crippen LogP contribution in [0.2, 0.25) is 0 Å². The fraction of sp³-hybridized carbons (Fsp3) is 0.0952. The van der Waals surface area contributed by atoms with Gasteiger partial charge < -0.3 is 10.3 Å². The molecular formula is C21H17FN8. The van der Waals surface area contributed by atoms with Crippen LogP contribution in [0, 0.1) is 12.7 Å². The zero-order valence-electron chi connectivity index (χ0n) is 16.0. The predicted octanol–water partition coefficient (Wildman–Crippen LogP) is 3.87. The van der Waals surface area contributed by atoms with Gasteiger partial charge in [0.1, 0.15) is 35.3 Å². The van der Waals surface area contributed by atoms with E-state index in [0.717, 1.165) is 0 Å². The van der Waals surface area contributed by atoms with Gasteiger partial charge in [-0.05, 0) is 31.2 Å². The molecule has 0 spiro atoms. The molecule has 4 aromatic heterocycles. The number of hydrogen-bond acceptors (Lipinski definition) is 6. The number of hydrogen-bond donors (Lipinski definition) is 2. The minimum absolute atomic E-state index is 0.302. The van der Waals surface area contributed by atoms with Crippen LogP contribution in [0.1, 0.15) is 17.4 Å². The van der Waals surface area contributed by atoms with Crippen LogP contribution in [-0.2, 0) is 0 Å². The van der Waals surface area contributed by atoms with Gasteiger partial charge in [-0.2, -0.15) is 0 Å². The van der Waals surface area contributed by atoms with Crippen molar-refractivity contribution in [3.8, 4) is 5.82 Å². The third kappa shape index (κ3) is 2.79. The van der Waals surface area contributed by atoms with Crippen LogP contribution in [0.25, 0.3) is 28.0 Å². The smallest absolute Gasteiger partial charge is 0.182 e. The highest BCUT2D eigenvalue weighted by molar-refractivity contribution is 5.83. The third-order valence-electron chi connectivity index (χ3n) is 4.94. The Balaban J connectivity index is 1.72. The zero-order chi connectivity index (χ0) is 20.7. The Bertz CT molecular complexity index is 1370. The van der Waals surface area contributed by atoms with E-state index in [9.17, 15) is 4.39 Å². The van der Waals surface area contributed by atoms with Gasteiger partial charge in [0, 0.05) is 11.8 Å². The van der Waals surface area contributed by atoms with Crippen molar-refractivity contribution >= 4 is 28.0 Å². The Morgan fingerprint density at radius 3 is 2.87 bits per heavy atom. The number of anilines is 1. The predicted molar refractivity (Wildman–Crippen MR) is 112 cm³/mol. The Morgan fingerprint density at radius 1 is 1.17 bits per heavy atom. The van der Waals surface area contributed by atoms with Crippen LogP contribution < -0.4 is 5.32 Å². The minimum Gasteiger partial charge on any atom is -0.355 e. The van der Waals surface area contributed by atoms with Crippen LogP contribution in [0.15, 0.2) is 61.8 Å². The van der Waals surface area contributed by atoms with E-state index in [2.05, 4.69) is 36.8 Å². The molecule has 0 saturated heterocycles. The van der Waals surface area contributed by atoms with Crippen LogP contribution in [0.5, 0.6) is 0 Å². The van der Waals surface area contributed by atoms with Gasteiger partial charge in [0.2, 0.25) is 0 Å². The molecule has 0 aliphatic rings. The van der Waals surface area contributed by atoms with Gasteiger partial charge in [0.25, 0.3) is 0 Å². The lowest BCUT2D eigenvalue weighted by atomic mass is 10.2. The first-order chi connectivity index (χ1) is 14.7. The van der Waals surface area contributed by atoms with Gasteiger partial charge in [-0.15, -0.1) is 6.58 Å². The summed E-state index contributed by atoms with van der Waals surface area (Å²) in [5.41, 5.74) is 3.04. The number of benzene rings is 1. The molecule has 0 aliphatic carbocycles. The average Bonchev–Trinajstić information content (AvgIpc) is 3.41. The summed E-state index contributed by atoms with van der Waals surface area (Å²) in [7, 11) is 0. The van der Waals surface area contributed by atoms with Crippen molar-refractivity contribution in [3.05, 3.63) is 79.0 Å². The molecule has 0 radical (unpaired) electrons. The Kier molecular flexibility index (Phi) is 4.20. The Labute approximate surface area is 170 Å². The summed E-state index contributed by atoms with van der Waals surface area (Å²) >= 11 is 0. The van der Waals surface area contributed by atoms with Gasteiger partial charge >= 0.3 is 0 Å². The number of aromatic amines is 1. The van der Waals surface area contributed by atoms with Crippen LogP contribution in [0.4, 0.5) is 10.2 Å². The van der Waals surface area contributed by atoms with Crippen LogP contribution >= 0.6 is 0 Å². The maximum absolute atomic E-state index is 14.4. The lowest BCUT2D eigenvalue weighted by Gasteiger charge is -2.17. The van der Waals surface area contributed by atoms with Gasteiger partial charge in [-0.25, -0.2) is 29.3 Å². The van der Waals surface area contributed by atoms with Gasteiger partial charge in [0.15, 0.2) is 11.5 Å². The number of imidazole rings is 2. The largest absolute Gasteiger partial charge is 0.355 e. The van der Waals surface area contributed by atoms with Crippen molar-refractivity contribution in [2.75, 3.05) is 5.32 Å². The summed E-state index contributed by atoms with van der Waals surface area (Å²) in [6.45, 7) is 5.70. The summed E-state index contributed by atoms with van der Waals surface area (Å²) in [5.74, 6) is 1.50. The minimum atomic E-state index is -0.441. The second kappa shape index (κ2) is 7.03. The molecule has 8 nitrogen and oxygen atoms in total. The monoisotopic (exact) mass is 400 g/mol. The number of nitrogens with one attached hydrogen (secondary N) is 2. The number of rotatable bonds is 5. The number of H-pyrrole nitrogens is 1. The summed E-state index contributed by atoms with van der Waals surface area (Å²) < 4.78 is 16.2. The first kappa shape index (κ1) is 17.9. The van der Waals surface area contributed by atoms with E-state index >= 15 is 0 Å². The molecular weight excluding hydrogens is 383 g/mol. The second-order valence-corrected chi connectivity index (χ2v) is 6.71. The molecule has 30 heavy (non-hydrogen) atoms. The van der Waals surface area contributed by atoms with E-state index in [1.54, 1.807) is 31.6 Å². The lowest BCUT2D eigenvalue weighted by molar-refractivity contribution is 0.620. The van der Waals surface area contributed by atoms with Crippen molar-refractivity contribution in [1.82, 2.24) is 34.5 Å². The van der Waals surface area contributed by atoms with E-state index in [1.807, 2.05) is 22.8 Å². The van der Waals surface area contributed by atoms with Crippen molar-refractivity contribution in [1.29, 1.82) is 0 Å². The maximum Gasteiger partial charge on any atom is 0.182 e. The molecule has 4 heterocycles. The molecule has 0 aliphatic heterocycles. The van der Waals surface area contributed by atoms with E-state index in [4.69, 9.17) is 4.98 Å². The normalized spacial score (nSPS) is 12.3. The number of halogens is 1. The first-order valence-electron chi connectivity index (χ1n) is 9.29. The topological polar surface area (TPSA) is 97.2 Å². The molecule has 1 aromatic carbocycles. The average molecular weight is 400 g/mol. The van der Waals surface area contributed by atoms with E-state index in [1.165, 1.54) is 12.4 Å². The summed E-state index contributed by atoms with van der Waals surface area (Å²) in [5, 5.41) is 3.33. The summed E-state index contributed by atoms with van der Waals surface area (Å²) in [6.07, 6.45) is 6.40. The van der Waals surface area contributed by atoms with Crippen molar-refractivity contribution in [2.24, 2.45) is 0 Å². The SMILES string of the molecule is C=CC(Nc1ncnc2nc[nH]c12)c1nc2ccc(F)c(C)c2n1-c1ccccn1. The third-order valence-corrected chi connectivity index (χ3v) is 4.94. The van der Waals surface area contributed by atoms with E-state index < -0.39 is 6.04 Å². The Hall–Kier alpha value is -4.14. The molecule has 5 aromatic rings. The van der Waals surface area contributed by atoms with Gasteiger partial charge in [-0.3, -0.25) is 4.57 Å². The maximum atomic E-state index is 14.4. The summed E-state index contributed by atoms with van der Waals surface area (Å²) in [4.78, 5) is 24.9. The van der Waals surface area contributed by atoms with Crippen LogP contribution in [0.3, 0.4) is 0 Å². The second-order valence-electron chi connectivity index (χ2n) is 6.71. The standard InChI is InChI=1S/C21H17FN8/c1-3-14(28-20-17-19(25-10-24-17)26-11-27-20)21-29-15-8-7-13(22)12(2)18(15)30(21)16-6-4-5-9-23-16/h3-11,14H,1H2,2H3,(H2,24,25,26,27,28). The quantitative estimate of drug-likeness (QED) is 0.435. The molecule has 0 bridgehead atoms. The van der Waals surface area contributed by atoms with E-state index in [-0.39, 0.29) is 5.82 Å². The number of pyridine rings is 1. The molecule has 9 heteroatoms. The van der Waals surface area contributed by atoms with Gasteiger partial charge in [0.05, 0.1) is 17.4 Å². The fourth-order valence-electron chi connectivity index (χ4n) is 3.50. The molecule has 1 unspecified atom stereocenters. The van der Waals surface area contributed by atoms with E-state index in [0.29, 0.717) is 45.2 Å². The Morgan fingerprint density at radius 2 is 2.07 bits per heavy atom. The van der Waals surface area contributed by atoms with Crippen molar-refractivity contribution in [2.45, 2.75) is 13.0 Å². The lowest BCUT2D eigenvalue weighted by Crippen LogP contribution is -2.16. The molecule has 0 amide bonds. The first-order valence-corrected chi connectivity index (χ1v) is 9.29. The van der Waals surface area contributed by atoms with Crippen molar-refractivity contribution < 1.29 is 4.39 Å². The molecule has 0 fully saturated rings. The molecule has 2 N–H and O–H groups in total. The highest BCUT2D eigenvalue weighted by Crippen LogP contribution is 2.30. The molecule has 5 rings (SSSR count). The zero-order valence-corrected chi connectivity index (χ0v) is 16.0. The highest BCUT2D eigenvalue weighted by Gasteiger charge is 2.23. The van der Waals surface area contributed by atoms with Crippen molar-refractivity contribution in [3.63, 3.8) is 0 Å². The molecule has 1 atom stereocenters. The molecule has 0 saturated carbocycles.